The second kappa shape index (κ2) is 7.41. The first-order chi connectivity index (χ1) is 11.7. The molecule has 1 aliphatic rings. The molecule has 2 heterocycles. The maximum absolute atomic E-state index is 13.0. The lowest BCUT2D eigenvalue weighted by Gasteiger charge is -2.31. The van der Waals surface area contributed by atoms with E-state index in [4.69, 9.17) is 5.11 Å². The van der Waals surface area contributed by atoms with E-state index in [1.165, 1.54) is 4.68 Å². The van der Waals surface area contributed by atoms with Crippen molar-refractivity contribution < 1.29 is 15.0 Å². The second-order valence-electron chi connectivity index (χ2n) is 5.73. The van der Waals surface area contributed by atoms with Gasteiger partial charge >= 0.3 is 0 Å². The highest BCUT2D eigenvalue weighted by Crippen LogP contribution is 2.23. The zero-order valence-corrected chi connectivity index (χ0v) is 13.3. The molecule has 8 nitrogen and oxygen atoms in total. The maximum Gasteiger partial charge on any atom is 0.252 e. The molecule has 128 valence electrons. The van der Waals surface area contributed by atoms with E-state index in [9.17, 15) is 9.90 Å². The van der Waals surface area contributed by atoms with Gasteiger partial charge in [0, 0.05) is 45.4 Å². The quantitative estimate of drug-likeness (QED) is 0.685. The van der Waals surface area contributed by atoms with Crippen molar-refractivity contribution in [2.45, 2.75) is 12.5 Å². The number of aliphatic hydroxyl groups is 1. The van der Waals surface area contributed by atoms with Crippen LogP contribution in [0.1, 0.15) is 17.3 Å². The highest BCUT2D eigenvalue weighted by molar-refractivity contribution is 5.83. The normalized spacial score (nSPS) is 16.1. The number of carbonyl (C=O) groups excluding carboxylic acids is 1. The third-order valence-corrected chi connectivity index (χ3v) is 4.06. The first kappa shape index (κ1) is 16.4. The van der Waals surface area contributed by atoms with Gasteiger partial charge in [-0.05, 0) is 17.7 Å². The third-order valence-electron chi connectivity index (χ3n) is 4.06. The summed E-state index contributed by atoms with van der Waals surface area (Å²) in [5.41, 5.74) is 1.37. The van der Waals surface area contributed by atoms with E-state index in [2.05, 4.69) is 15.6 Å². The van der Waals surface area contributed by atoms with Crippen LogP contribution in [0.25, 0.3) is 0 Å². The van der Waals surface area contributed by atoms with Crippen molar-refractivity contribution >= 4 is 5.91 Å². The standard InChI is InChI=1S/C16H21N5O3/c22-10-5-13-11-21(19-18-13)15(12-1-3-14(23)4-2-12)16(24)20-8-6-17-7-9-20/h1-4,11,15,17,22-23H,5-10H2/t15-/m0/s1. The molecule has 1 amide bonds. The van der Waals surface area contributed by atoms with Crippen molar-refractivity contribution in [3.05, 3.63) is 41.7 Å². The highest BCUT2D eigenvalue weighted by Gasteiger charge is 2.29. The molecular formula is C16H21N5O3. The molecule has 0 saturated carbocycles. The molecule has 0 aliphatic carbocycles. The molecule has 1 aliphatic heterocycles. The van der Waals surface area contributed by atoms with Gasteiger partial charge in [-0.1, -0.05) is 17.3 Å². The number of hydrogen-bond acceptors (Lipinski definition) is 6. The summed E-state index contributed by atoms with van der Waals surface area (Å²) in [7, 11) is 0. The maximum atomic E-state index is 13.0. The number of carbonyl (C=O) groups is 1. The van der Waals surface area contributed by atoms with E-state index in [1.54, 1.807) is 35.4 Å². The van der Waals surface area contributed by atoms with Gasteiger partial charge in [0.05, 0.1) is 5.69 Å². The average molecular weight is 331 g/mol. The lowest BCUT2D eigenvalue weighted by molar-refractivity contribution is -0.134. The number of rotatable bonds is 5. The number of piperazine rings is 1. The minimum atomic E-state index is -0.636. The number of nitrogens with one attached hydrogen (secondary N) is 1. The molecule has 1 atom stereocenters. The van der Waals surface area contributed by atoms with Crippen LogP contribution >= 0.6 is 0 Å². The van der Waals surface area contributed by atoms with E-state index >= 15 is 0 Å². The van der Waals surface area contributed by atoms with E-state index in [0.717, 1.165) is 18.7 Å². The van der Waals surface area contributed by atoms with Crippen molar-refractivity contribution in [2.24, 2.45) is 0 Å². The Morgan fingerprint density at radius 3 is 2.62 bits per heavy atom. The van der Waals surface area contributed by atoms with Crippen molar-refractivity contribution in [2.75, 3.05) is 32.8 Å². The second-order valence-corrected chi connectivity index (χ2v) is 5.73. The molecule has 1 fully saturated rings. The van der Waals surface area contributed by atoms with Crippen molar-refractivity contribution in [1.82, 2.24) is 25.2 Å². The van der Waals surface area contributed by atoms with Crippen LogP contribution in [0.2, 0.25) is 0 Å². The fourth-order valence-corrected chi connectivity index (χ4v) is 2.79. The summed E-state index contributed by atoms with van der Waals surface area (Å²) in [6.45, 7) is 2.80. The Morgan fingerprint density at radius 1 is 1.25 bits per heavy atom. The summed E-state index contributed by atoms with van der Waals surface area (Å²) in [5.74, 6) is 0.0920. The molecule has 1 saturated heterocycles. The van der Waals surface area contributed by atoms with Gasteiger partial charge in [-0.15, -0.1) is 5.10 Å². The smallest absolute Gasteiger partial charge is 0.252 e. The van der Waals surface area contributed by atoms with Gasteiger partial charge in [-0.2, -0.15) is 0 Å². The number of phenolic OH excluding ortho intramolecular Hbond substituents is 1. The van der Waals surface area contributed by atoms with Crippen LogP contribution in [0.4, 0.5) is 0 Å². The van der Waals surface area contributed by atoms with Gasteiger partial charge in [-0.3, -0.25) is 4.79 Å². The third kappa shape index (κ3) is 3.55. The van der Waals surface area contributed by atoms with E-state index in [-0.39, 0.29) is 18.3 Å². The Balaban J connectivity index is 1.92. The summed E-state index contributed by atoms with van der Waals surface area (Å²) < 4.78 is 1.53. The van der Waals surface area contributed by atoms with Crippen LogP contribution < -0.4 is 5.32 Å². The summed E-state index contributed by atoms with van der Waals surface area (Å²) in [4.78, 5) is 14.9. The van der Waals surface area contributed by atoms with Crippen LogP contribution in [0.15, 0.2) is 30.5 Å². The summed E-state index contributed by atoms with van der Waals surface area (Å²) in [5, 5.41) is 29.9. The molecule has 1 aromatic heterocycles. The number of aliphatic hydroxyl groups excluding tert-OH is 1. The predicted octanol–water partition coefficient (Wildman–Crippen LogP) is -0.460. The Morgan fingerprint density at radius 2 is 1.96 bits per heavy atom. The van der Waals surface area contributed by atoms with Gasteiger partial charge in [0.15, 0.2) is 6.04 Å². The van der Waals surface area contributed by atoms with Crippen LogP contribution in [0, 0.1) is 0 Å². The summed E-state index contributed by atoms with van der Waals surface area (Å²) in [6, 6.07) is 5.91. The first-order valence-electron chi connectivity index (χ1n) is 7.99. The molecule has 8 heteroatoms. The molecule has 24 heavy (non-hydrogen) atoms. The van der Waals surface area contributed by atoms with E-state index in [0.29, 0.717) is 25.2 Å². The van der Waals surface area contributed by atoms with Crippen molar-refractivity contribution in [3.63, 3.8) is 0 Å². The van der Waals surface area contributed by atoms with E-state index in [1.807, 2.05) is 0 Å². The molecule has 0 radical (unpaired) electrons. The Hall–Kier alpha value is -2.45. The molecule has 3 N–H and O–H groups in total. The average Bonchev–Trinajstić information content (AvgIpc) is 3.06. The van der Waals surface area contributed by atoms with Crippen molar-refractivity contribution in [1.29, 1.82) is 0 Å². The van der Waals surface area contributed by atoms with Gasteiger partial charge in [0.2, 0.25) is 0 Å². The van der Waals surface area contributed by atoms with Gasteiger partial charge < -0.3 is 20.4 Å². The topological polar surface area (TPSA) is 104 Å². The van der Waals surface area contributed by atoms with Gasteiger partial charge in [-0.25, -0.2) is 4.68 Å². The Bertz CT molecular complexity index is 679. The van der Waals surface area contributed by atoms with E-state index < -0.39 is 6.04 Å². The first-order valence-corrected chi connectivity index (χ1v) is 7.99. The highest BCUT2D eigenvalue weighted by atomic mass is 16.3. The number of aromatic nitrogens is 3. The zero-order chi connectivity index (χ0) is 16.9. The molecule has 0 bridgehead atoms. The Labute approximate surface area is 139 Å². The molecule has 0 unspecified atom stereocenters. The van der Waals surface area contributed by atoms with Crippen LogP contribution in [-0.4, -0.2) is 68.8 Å². The molecule has 3 rings (SSSR count). The summed E-state index contributed by atoms with van der Waals surface area (Å²) >= 11 is 0. The number of hydrogen-bond donors (Lipinski definition) is 3. The minimum Gasteiger partial charge on any atom is -0.508 e. The fraction of sp³-hybridized carbons (Fsp3) is 0.438. The molecular weight excluding hydrogens is 310 g/mol. The molecule has 2 aromatic rings. The number of nitrogens with zero attached hydrogens (tertiary/aromatic N) is 4. The largest absolute Gasteiger partial charge is 0.508 e. The molecule has 1 aromatic carbocycles. The van der Waals surface area contributed by atoms with Crippen LogP contribution in [0.3, 0.4) is 0 Å². The fourth-order valence-electron chi connectivity index (χ4n) is 2.79. The van der Waals surface area contributed by atoms with Crippen LogP contribution in [-0.2, 0) is 11.2 Å². The van der Waals surface area contributed by atoms with Gasteiger partial charge in [0.1, 0.15) is 5.75 Å². The predicted molar refractivity (Wildman–Crippen MR) is 86.5 cm³/mol. The zero-order valence-electron chi connectivity index (χ0n) is 13.3. The number of aromatic hydroxyl groups is 1. The monoisotopic (exact) mass is 331 g/mol. The molecule has 0 spiro atoms. The number of amides is 1. The minimum absolute atomic E-state index is 0.0195. The number of phenols is 1. The SMILES string of the molecule is O=C([C@H](c1ccc(O)cc1)n1cc(CCO)nn1)N1CCNCC1. The van der Waals surface area contributed by atoms with Gasteiger partial charge in [0.25, 0.3) is 5.91 Å². The van der Waals surface area contributed by atoms with Crippen LogP contribution in [0.5, 0.6) is 5.75 Å². The summed E-state index contributed by atoms with van der Waals surface area (Å²) in [6.07, 6.45) is 2.08. The lowest BCUT2D eigenvalue weighted by Crippen LogP contribution is -2.49. The number of benzene rings is 1. The Kier molecular flexibility index (Phi) is 5.07. The lowest BCUT2D eigenvalue weighted by atomic mass is 10.0. The van der Waals surface area contributed by atoms with Crippen molar-refractivity contribution in [3.8, 4) is 5.75 Å².